The summed E-state index contributed by atoms with van der Waals surface area (Å²) in [5.41, 5.74) is 5.61. The molecule has 0 atom stereocenters. The van der Waals surface area contributed by atoms with Crippen LogP contribution >= 0.6 is 0 Å². The van der Waals surface area contributed by atoms with Gasteiger partial charge in [0, 0.05) is 36.6 Å². The quantitative estimate of drug-likeness (QED) is 0.232. The fourth-order valence-corrected chi connectivity index (χ4v) is 5.50. The fraction of sp³-hybridized carbons (Fsp3) is 0.345. The lowest BCUT2D eigenvalue weighted by Gasteiger charge is -2.23. The lowest BCUT2D eigenvalue weighted by atomic mass is 9.99. The molecule has 0 radical (unpaired) electrons. The van der Waals surface area contributed by atoms with Gasteiger partial charge in [-0.05, 0) is 56.5 Å². The number of ether oxygens (including phenoxy) is 3. The van der Waals surface area contributed by atoms with Gasteiger partial charge >= 0.3 is 6.36 Å². The van der Waals surface area contributed by atoms with Crippen LogP contribution in [0.3, 0.4) is 0 Å². The van der Waals surface area contributed by atoms with Gasteiger partial charge in [0.2, 0.25) is 0 Å². The van der Waals surface area contributed by atoms with Gasteiger partial charge in [0.1, 0.15) is 28.6 Å². The molecule has 0 spiro atoms. The number of nitrogens with zero attached hydrogens (tertiary/aromatic N) is 4. The van der Waals surface area contributed by atoms with E-state index in [0.717, 1.165) is 63.0 Å². The van der Waals surface area contributed by atoms with Crippen LogP contribution in [0.15, 0.2) is 47.1 Å². The van der Waals surface area contributed by atoms with Gasteiger partial charge in [-0.15, -0.1) is 13.2 Å². The van der Waals surface area contributed by atoms with Crippen LogP contribution in [0.4, 0.5) is 13.2 Å². The average Bonchev–Trinajstić information content (AvgIpc) is 3.47. The third kappa shape index (κ3) is 4.85. The van der Waals surface area contributed by atoms with Crippen molar-refractivity contribution in [3.63, 3.8) is 0 Å². The van der Waals surface area contributed by atoms with E-state index in [1.54, 1.807) is 25.4 Å². The number of alkyl halides is 3. The van der Waals surface area contributed by atoms with Crippen LogP contribution in [0.2, 0.25) is 0 Å². The van der Waals surface area contributed by atoms with Crippen molar-refractivity contribution in [3.05, 3.63) is 65.4 Å². The molecule has 4 heterocycles. The van der Waals surface area contributed by atoms with Crippen LogP contribution in [0.5, 0.6) is 11.5 Å². The molecule has 1 aliphatic rings. The molecule has 2 aromatic carbocycles. The minimum Gasteiger partial charge on any atom is -0.496 e. The zero-order valence-corrected chi connectivity index (χ0v) is 22.2. The standard InChI is InChI=1S/C29H27F3N4O4/c1-16-26(17(2)40-35-16)22-12-23-21(13-25(22)37-3)27-24(14-33-23)34-28(19-8-10-38-11-9-19)36(27)15-18-4-6-20(7-5-18)39-29(30,31)32/h4-7,12-14,19H,8-11,15H2,1-3H3. The maximum atomic E-state index is 12.7. The molecular weight excluding hydrogens is 525 g/mol. The van der Waals surface area contributed by atoms with Crippen molar-refractivity contribution in [3.8, 4) is 22.6 Å². The highest BCUT2D eigenvalue weighted by Gasteiger charge is 2.31. The Kier molecular flexibility index (Phi) is 6.61. The van der Waals surface area contributed by atoms with Gasteiger partial charge in [0.25, 0.3) is 0 Å². The minimum atomic E-state index is -4.74. The van der Waals surface area contributed by atoms with Crippen LogP contribution in [-0.2, 0) is 11.3 Å². The zero-order chi connectivity index (χ0) is 28.0. The monoisotopic (exact) mass is 552 g/mol. The highest BCUT2D eigenvalue weighted by Crippen LogP contribution is 2.40. The minimum absolute atomic E-state index is 0.174. The molecule has 5 aromatic rings. The van der Waals surface area contributed by atoms with Crippen LogP contribution in [0.1, 0.15) is 41.6 Å². The summed E-state index contributed by atoms with van der Waals surface area (Å²) in [5.74, 6) is 2.14. The summed E-state index contributed by atoms with van der Waals surface area (Å²) >= 11 is 0. The number of fused-ring (bicyclic) bond motifs is 3. The number of rotatable bonds is 6. The molecule has 8 nitrogen and oxygen atoms in total. The highest BCUT2D eigenvalue weighted by atomic mass is 19.4. The Morgan fingerprint density at radius 1 is 1.05 bits per heavy atom. The molecule has 208 valence electrons. The van der Waals surface area contributed by atoms with Gasteiger partial charge in [-0.25, -0.2) is 4.98 Å². The number of aryl methyl sites for hydroxylation is 2. The van der Waals surface area contributed by atoms with Gasteiger partial charge < -0.3 is 23.3 Å². The molecule has 1 saturated heterocycles. The molecule has 0 unspecified atom stereocenters. The Hall–Kier alpha value is -4.12. The Balaban J connectivity index is 1.51. The van der Waals surface area contributed by atoms with E-state index in [-0.39, 0.29) is 11.7 Å². The SMILES string of the molecule is COc1cc2c(cc1-c1c(C)noc1C)ncc1nc(C3CCOCC3)n(Cc3ccc(OC(F)(F)F)cc3)c12. The molecule has 0 saturated carbocycles. The third-order valence-electron chi connectivity index (χ3n) is 7.31. The van der Waals surface area contributed by atoms with Crippen molar-refractivity contribution >= 4 is 21.9 Å². The van der Waals surface area contributed by atoms with E-state index in [1.165, 1.54) is 12.1 Å². The second kappa shape index (κ2) is 10.1. The molecule has 11 heteroatoms. The maximum absolute atomic E-state index is 12.7. The van der Waals surface area contributed by atoms with Crippen LogP contribution in [0, 0.1) is 13.8 Å². The van der Waals surface area contributed by atoms with E-state index in [1.807, 2.05) is 26.0 Å². The first-order valence-corrected chi connectivity index (χ1v) is 12.9. The molecule has 3 aromatic heterocycles. The number of methoxy groups -OCH3 is 1. The van der Waals surface area contributed by atoms with Crippen molar-refractivity contribution in [1.82, 2.24) is 19.7 Å². The number of halogens is 3. The summed E-state index contributed by atoms with van der Waals surface area (Å²) in [6.07, 6.45) is -1.33. The molecule has 0 bridgehead atoms. The van der Waals surface area contributed by atoms with E-state index in [2.05, 4.69) is 14.5 Å². The Morgan fingerprint density at radius 2 is 1.80 bits per heavy atom. The molecule has 6 rings (SSSR count). The smallest absolute Gasteiger partial charge is 0.496 e. The number of aromatic nitrogens is 4. The number of imidazole rings is 1. The molecule has 0 N–H and O–H groups in total. The van der Waals surface area contributed by atoms with E-state index in [9.17, 15) is 13.2 Å². The lowest BCUT2D eigenvalue weighted by molar-refractivity contribution is -0.274. The molecular formula is C29H27F3N4O4. The predicted octanol–water partition coefficient (Wildman–Crippen LogP) is 6.71. The lowest BCUT2D eigenvalue weighted by Crippen LogP contribution is -2.18. The maximum Gasteiger partial charge on any atom is 0.573 e. The third-order valence-corrected chi connectivity index (χ3v) is 7.31. The summed E-state index contributed by atoms with van der Waals surface area (Å²) in [5, 5.41) is 4.95. The van der Waals surface area contributed by atoms with Gasteiger partial charge in [-0.2, -0.15) is 0 Å². The first-order valence-electron chi connectivity index (χ1n) is 12.9. The summed E-state index contributed by atoms with van der Waals surface area (Å²) in [6, 6.07) is 9.86. The largest absolute Gasteiger partial charge is 0.573 e. The molecule has 0 amide bonds. The number of pyridine rings is 1. The van der Waals surface area contributed by atoms with Crippen molar-refractivity contribution in [2.24, 2.45) is 0 Å². The fourth-order valence-electron chi connectivity index (χ4n) is 5.50. The summed E-state index contributed by atoms with van der Waals surface area (Å²) in [6.45, 7) is 5.43. The van der Waals surface area contributed by atoms with Gasteiger partial charge in [0.05, 0.1) is 35.6 Å². The predicted molar refractivity (Wildman–Crippen MR) is 142 cm³/mol. The molecule has 0 aliphatic carbocycles. The number of benzene rings is 2. The van der Waals surface area contributed by atoms with Crippen molar-refractivity contribution < 1.29 is 31.9 Å². The molecule has 1 aliphatic heterocycles. The van der Waals surface area contributed by atoms with Crippen molar-refractivity contribution in [2.45, 2.75) is 45.5 Å². The summed E-state index contributed by atoms with van der Waals surface area (Å²) in [4.78, 5) is 9.75. The van der Waals surface area contributed by atoms with Gasteiger partial charge in [-0.1, -0.05) is 17.3 Å². The Morgan fingerprint density at radius 3 is 2.45 bits per heavy atom. The van der Waals surface area contributed by atoms with Crippen LogP contribution in [0.25, 0.3) is 33.1 Å². The van der Waals surface area contributed by atoms with E-state index < -0.39 is 6.36 Å². The van der Waals surface area contributed by atoms with E-state index >= 15 is 0 Å². The second-order valence-electron chi connectivity index (χ2n) is 9.90. The molecule has 40 heavy (non-hydrogen) atoms. The normalized spacial score (nSPS) is 14.8. The number of hydrogen-bond acceptors (Lipinski definition) is 7. The van der Waals surface area contributed by atoms with E-state index in [4.69, 9.17) is 24.0 Å². The zero-order valence-electron chi connectivity index (χ0n) is 22.2. The van der Waals surface area contributed by atoms with E-state index in [0.29, 0.717) is 31.3 Å². The van der Waals surface area contributed by atoms with Crippen molar-refractivity contribution in [2.75, 3.05) is 20.3 Å². The van der Waals surface area contributed by atoms with Gasteiger partial charge in [-0.3, -0.25) is 4.98 Å². The Bertz CT molecular complexity index is 1670. The first kappa shape index (κ1) is 26.1. The van der Waals surface area contributed by atoms with Gasteiger partial charge in [0.15, 0.2) is 0 Å². The molecule has 1 fully saturated rings. The number of hydrogen-bond donors (Lipinski definition) is 0. The summed E-state index contributed by atoms with van der Waals surface area (Å²) < 4.78 is 61.1. The first-order chi connectivity index (χ1) is 19.2. The van der Waals surface area contributed by atoms with Crippen molar-refractivity contribution in [1.29, 1.82) is 0 Å². The average molecular weight is 553 g/mol. The van der Waals surface area contributed by atoms with Crippen LogP contribution in [-0.4, -0.2) is 46.4 Å². The van der Waals surface area contributed by atoms with Crippen LogP contribution < -0.4 is 9.47 Å². The second-order valence-corrected chi connectivity index (χ2v) is 9.90. The highest BCUT2D eigenvalue weighted by molar-refractivity contribution is 6.05. The Labute approximate surface area is 227 Å². The summed E-state index contributed by atoms with van der Waals surface area (Å²) in [7, 11) is 1.62. The topological polar surface area (TPSA) is 84.4 Å².